The molecule has 0 aliphatic heterocycles. The molecule has 1 unspecified atom stereocenters. The average molecular weight is 266 g/mol. The Kier molecular flexibility index (Phi) is 5.00. The van der Waals surface area contributed by atoms with Gasteiger partial charge in [0.2, 0.25) is 0 Å². The van der Waals surface area contributed by atoms with Gasteiger partial charge in [-0.3, -0.25) is 14.9 Å². The van der Waals surface area contributed by atoms with Crippen molar-refractivity contribution in [1.82, 2.24) is 0 Å². The monoisotopic (exact) mass is 266 g/mol. The summed E-state index contributed by atoms with van der Waals surface area (Å²) < 4.78 is 5.05. The third-order valence-corrected chi connectivity index (χ3v) is 3.06. The van der Waals surface area contributed by atoms with Crippen LogP contribution >= 0.6 is 0 Å². The number of rotatable bonds is 6. The highest BCUT2D eigenvalue weighted by atomic mass is 16.6. The van der Waals surface area contributed by atoms with Crippen LogP contribution in [0, 0.1) is 10.1 Å². The summed E-state index contributed by atoms with van der Waals surface area (Å²) in [5.41, 5.74) is 5.08. The molecule has 0 amide bonds. The van der Waals surface area contributed by atoms with Gasteiger partial charge in [0.25, 0.3) is 5.69 Å². The van der Waals surface area contributed by atoms with Crippen molar-refractivity contribution < 1.29 is 14.5 Å². The van der Waals surface area contributed by atoms with E-state index in [0.717, 1.165) is 0 Å². The quantitative estimate of drug-likeness (QED) is 0.481. The molecule has 1 atom stereocenters. The molecular weight excluding hydrogens is 248 g/mol. The minimum atomic E-state index is -0.962. The summed E-state index contributed by atoms with van der Waals surface area (Å²) in [5, 5.41) is 10.8. The Balaban J connectivity index is 3.21. The lowest BCUT2D eigenvalue weighted by Gasteiger charge is -2.27. The predicted octanol–water partition coefficient (Wildman–Crippen LogP) is 1.76. The van der Waals surface area contributed by atoms with Crippen LogP contribution in [0.1, 0.15) is 25.8 Å². The zero-order valence-electron chi connectivity index (χ0n) is 11.1. The van der Waals surface area contributed by atoms with Gasteiger partial charge in [0, 0.05) is 12.1 Å². The van der Waals surface area contributed by atoms with E-state index in [-0.39, 0.29) is 18.8 Å². The highest BCUT2D eigenvalue weighted by Gasteiger charge is 2.36. The van der Waals surface area contributed by atoms with E-state index < -0.39 is 16.3 Å². The number of nitro groups is 1. The lowest BCUT2D eigenvalue weighted by Crippen LogP contribution is -2.36. The molecule has 1 rings (SSSR count). The van der Waals surface area contributed by atoms with E-state index in [0.29, 0.717) is 12.0 Å². The van der Waals surface area contributed by atoms with Gasteiger partial charge < -0.3 is 10.5 Å². The van der Waals surface area contributed by atoms with E-state index in [1.807, 2.05) is 0 Å². The molecule has 6 nitrogen and oxygen atoms in total. The third-order valence-electron chi connectivity index (χ3n) is 3.06. The highest BCUT2D eigenvalue weighted by Crippen LogP contribution is 2.31. The third kappa shape index (κ3) is 3.29. The largest absolute Gasteiger partial charge is 0.465 e. The van der Waals surface area contributed by atoms with E-state index >= 15 is 0 Å². The summed E-state index contributed by atoms with van der Waals surface area (Å²) in [5.74, 6) is -0.416. The van der Waals surface area contributed by atoms with Gasteiger partial charge in [-0.1, -0.05) is 12.1 Å². The highest BCUT2D eigenvalue weighted by molar-refractivity contribution is 5.83. The number of carbonyl (C=O) groups excluding carboxylic acids is 1. The van der Waals surface area contributed by atoms with Crippen LogP contribution in [0.3, 0.4) is 0 Å². The molecule has 0 aliphatic rings. The number of carbonyl (C=O) groups is 1. The van der Waals surface area contributed by atoms with Gasteiger partial charge in [-0.05, 0) is 32.4 Å². The Morgan fingerprint density at radius 2 is 2.21 bits per heavy atom. The fraction of sp³-hybridized carbons (Fsp3) is 0.462. The van der Waals surface area contributed by atoms with E-state index in [4.69, 9.17) is 10.5 Å². The van der Waals surface area contributed by atoms with Gasteiger partial charge in [0.1, 0.15) is 0 Å². The Labute approximate surface area is 111 Å². The molecule has 0 heterocycles. The fourth-order valence-corrected chi connectivity index (χ4v) is 1.91. The molecule has 104 valence electrons. The lowest BCUT2D eigenvalue weighted by molar-refractivity contribution is -0.384. The molecule has 0 spiro atoms. The van der Waals surface area contributed by atoms with Crippen molar-refractivity contribution in [2.45, 2.75) is 25.7 Å². The molecule has 0 bridgehead atoms. The van der Waals surface area contributed by atoms with Crippen LogP contribution in [0.2, 0.25) is 0 Å². The number of benzene rings is 1. The summed E-state index contributed by atoms with van der Waals surface area (Å²) in [6, 6.07) is 6.02. The van der Waals surface area contributed by atoms with E-state index in [9.17, 15) is 14.9 Å². The van der Waals surface area contributed by atoms with Gasteiger partial charge in [0.15, 0.2) is 0 Å². The van der Waals surface area contributed by atoms with E-state index in [2.05, 4.69) is 0 Å². The average Bonchev–Trinajstić information content (AvgIpc) is 2.39. The maximum absolute atomic E-state index is 12.1. The first kappa shape index (κ1) is 15.1. The number of nitrogens with two attached hydrogens (primary N) is 1. The van der Waals surface area contributed by atoms with Crippen molar-refractivity contribution in [1.29, 1.82) is 0 Å². The van der Waals surface area contributed by atoms with Gasteiger partial charge in [0.05, 0.1) is 16.9 Å². The minimum absolute atomic E-state index is 0.0509. The number of hydrogen-bond acceptors (Lipinski definition) is 5. The van der Waals surface area contributed by atoms with E-state index in [1.54, 1.807) is 26.0 Å². The number of hydrogen-bond donors (Lipinski definition) is 1. The SMILES string of the molecule is CCOC(=O)C(C)(CCN)c1cccc([N+](=O)[O-])c1. The molecule has 0 aromatic heterocycles. The summed E-state index contributed by atoms with van der Waals surface area (Å²) in [6.07, 6.45) is 0.368. The molecule has 2 N–H and O–H groups in total. The van der Waals surface area contributed by atoms with Gasteiger partial charge >= 0.3 is 5.97 Å². The molecular formula is C13H18N2O4. The normalized spacial score (nSPS) is 13.6. The van der Waals surface area contributed by atoms with Crippen LogP contribution in [0.15, 0.2) is 24.3 Å². The van der Waals surface area contributed by atoms with Crippen LogP contribution in [-0.2, 0) is 14.9 Å². The van der Waals surface area contributed by atoms with Crippen molar-refractivity contribution in [2.75, 3.05) is 13.2 Å². The zero-order chi connectivity index (χ0) is 14.5. The summed E-state index contributed by atoms with van der Waals surface area (Å²) in [4.78, 5) is 22.4. The van der Waals surface area contributed by atoms with Crippen molar-refractivity contribution in [3.63, 3.8) is 0 Å². The maximum Gasteiger partial charge on any atom is 0.316 e. The molecule has 19 heavy (non-hydrogen) atoms. The first-order valence-electron chi connectivity index (χ1n) is 6.08. The zero-order valence-corrected chi connectivity index (χ0v) is 11.1. The summed E-state index contributed by atoms with van der Waals surface area (Å²) in [6.45, 7) is 3.96. The van der Waals surface area contributed by atoms with Crippen molar-refractivity contribution >= 4 is 11.7 Å². The van der Waals surface area contributed by atoms with Crippen LogP contribution in [0.25, 0.3) is 0 Å². The second-order valence-electron chi connectivity index (χ2n) is 4.40. The van der Waals surface area contributed by atoms with E-state index in [1.165, 1.54) is 12.1 Å². The predicted molar refractivity (Wildman–Crippen MR) is 70.8 cm³/mol. The van der Waals surface area contributed by atoms with Crippen molar-refractivity contribution in [2.24, 2.45) is 5.73 Å². The molecule has 0 fully saturated rings. The molecule has 6 heteroatoms. The Bertz CT molecular complexity index is 475. The van der Waals surface area contributed by atoms with Crippen LogP contribution in [0.5, 0.6) is 0 Å². The van der Waals surface area contributed by atoms with Crippen LogP contribution < -0.4 is 5.73 Å². The second kappa shape index (κ2) is 6.29. The molecule has 0 radical (unpaired) electrons. The molecule has 0 saturated heterocycles. The standard InChI is InChI=1S/C13H18N2O4/c1-3-19-12(16)13(2,7-8-14)10-5-4-6-11(9-10)15(17)18/h4-6,9H,3,7-8,14H2,1-2H3. The van der Waals surface area contributed by atoms with Gasteiger partial charge in [-0.25, -0.2) is 0 Å². The van der Waals surface area contributed by atoms with Crippen LogP contribution in [-0.4, -0.2) is 24.0 Å². The summed E-state index contributed by atoms with van der Waals surface area (Å²) >= 11 is 0. The Morgan fingerprint density at radius 1 is 1.53 bits per heavy atom. The number of non-ortho nitro benzene ring substituents is 1. The topological polar surface area (TPSA) is 95.5 Å². The van der Waals surface area contributed by atoms with Crippen molar-refractivity contribution in [3.8, 4) is 0 Å². The number of nitro benzene ring substituents is 1. The van der Waals surface area contributed by atoms with Crippen molar-refractivity contribution in [3.05, 3.63) is 39.9 Å². The van der Waals surface area contributed by atoms with Crippen LogP contribution in [0.4, 0.5) is 5.69 Å². The van der Waals surface area contributed by atoms with Gasteiger partial charge in [-0.2, -0.15) is 0 Å². The Hall–Kier alpha value is -1.95. The molecule has 0 aliphatic carbocycles. The Morgan fingerprint density at radius 3 is 2.74 bits per heavy atom. The lowest BCUT2D eigenvalue weighted by atomic mass is 9.79. The number of esters is 1. The maximum atomic E-state index is 12.1. The number of ether oxygens (including phenoxy) is 1. The number of nitrogens with zero attached hydrogens (tertiary/aromatic N) is 1. The summed E-state index contributed by atoms with van der Waals surface area (Å²) in [7, 11) is 0. The second-order valence-corrected chi connectivity index (χ2v) is 4.40. The molecule has 1 aromatic rings. The van der Waals surface area contributed by atoms with Gasteiger partial charge in [-0.15, -0.1) is 0 Å². The minimum Gasteiger partial charge on any atom is -0.465 e. The smallest absolute Gasteiger partial charge is 0.316 e. The first-order valence-corrected chi connectivity index (χ1v) is 6.08. The first-order chi connectivity index (χ1) is 8.95. The molecule has 0 saturated carbocycles. The fourth-order valence-electron chi connectivity index (χ4n) is 1.91. The molecule has 1 aromatic carbocycles.